The lowest BCUT2D eigenvalue weighted by atomic mass is 10.2. The molecule has 3 amide bonds. The van der Waals surface area contributed by atoms with Crippen molar-refractivity contribution in [2.45, 2.75) is 38.3 Å². The first-order valence-corrected chi connectivity index (χ1v) is 9.64. The molecule has 2 heterocycles. The molecule has 0 spiro atoms. The Bertz CT molecular complexity index is 535. The van der Waals surface area contributed by atoms with E-state index in [0.29, 0.717) is 6.54 Å². The van der Waals surface area contributed by atoms with Gasteiger partial charge in [0.05, 0.1) is 6.54 Å². The second-order valence-electron chi connectivity index (χ2n) is 6.63. The highest BCUT2D eigenvalue weighted by Crippen LogP contribution is 2.17. The number of carbonyl (C=O) groups is 2. The number of amides is 3. The van der Waals surface area contributed by atoms with E-state index in [2.05, 4.69) is 37.9 Å². The number of piperazine rings is 1. The molecule has 0 aromatic carbocycles. The van der Waals surface area contributed by atoms with Crippen molar-refractivity contribution in [1.29, 1.82) is 0 Å². The van der Waals surface area contributed by atoms with Gasteiger partial charge in [-0.25, -0.2) is 4.79 Å². The highest BCUT2D eigenvalue weighted by molar-refractivity contribution is 7.09. The summed E-state index contributed by atoms with van der Waals surface area (Å²) in [6.07, 6.45) is 4.37. The van der Waals surface area contributed by atoms with Gasteiger partial charge in [0.15, 0.2) is 0 Å². The van der Waals surface area contributed by atoms with E-state index in [-0.39, 0.29) is 18.0 Å². The quantitative estimate of drug-likeness (QED) is 0.847. The summed E-state index contributed by atoms with van der Waals surface area (Å²) in [7, 11) is 0. The van der Waals surface area contributed by atoms with Gasteiger partial charge in [-0.3, -0.25) is 19.9 Å². The molecule has 2 N–H and O–H groups in total. The summed E-state index contributed by atoms with van der Waals surface area (Å²) in [5.74, 6) is -0.211. The molecule has 132 valence electrons. The van der Waals surface area contributed by atoms with Crippen LogP contribution in [0.3, 0.4) is 0 Å². The van der Waals surface area contributed by atoms with Crippen LogP contribution >= 0.6 is 11.3 Å². The van der Waals surface area contributed by atoms with Gasteiger partial charge < -0.3 is 5.32 Å². The van der Waals surface area contributed by atoms with E-state index in [0.717, 1.165) is 58.4 Å². The molecule has 24 heavy (non-hydrogen) atoms. The Morgan fingerprint density at radius 2 is 1.83 bits per heavy atom. The summed E-state index contributed by atoms with van der Waals surface area (Å²) in [5, 5.41) is 7.45. The minimum atomic E-state index is -0.344. The molecule has 1 aromatic rings. The van der Waals surface area contributed by atoms with Gasteiger partial charge in [-0.2, -0.15) is 0 Å². The lowest BCUT2D eigenvalue weighted by molar-refractivity contribution is -0.121. The zero-order valence-corrected chi connectivity index (χ0v) is 14.8. The second-order valence-corrected chi connectivity index (χ2v) is 7.67. The van der Waals surface area contributed by atoms with Crippen LogP contribution in [-0.4, -0.2) is 60.5 Å². The Kier molecular flexibility index (Phi) is 6.23. The molecule has 1 saturated heterocycles. The van der Waals surface area contributed by atoms with Gasteiger partial charge in [0.1, 0.15) is 0 Å². The predicted octanol–water partition coefficient (Wildman–Crippen LogP) is 1.63. The monoisotopic (exact) mass is 350 g/mol. The Morgan fingerprint density at radius 1 is 1.12 bits per heavy atom. The molecular weight excluding hydrogens is 324 g/mol. The average molecular weight is 350 g/mol. The molecule has 1 aliphatic heterocycles. The zero-order valence-electron chi connectivity index (χ0n) is 14.0. The van der Waals surface area contributed by atoms with Gasteiger partial charge in [-0.1, -0.05) is 18.9 Å². The summed E-state index contributed by atoms with van der Waals surface area (Å²) < 4.78 is 0. The number of hydrogen-bond donors (Lipinski definition) is 2. The molecule has 6 nitrogen and oxygen atoms in total. The third kappa shape index (κ3) is 5.29. The van der Waals surface area contributed by atoms with E-state index in [1.807, 2.05) is 0 Å². The number of carbonyl (C=O) groups excluding carboxylic acids is 2. The third-order valence-electron chi connectivity index (χ3n) is 4.74. The van der Waals surface area contributed by atoms with Crippen LogP contribution in [-0.2, 0) is 11.3 Å². The fourth-order valence-corrected chi connectivity index (χ4v) is 4.14. The summed E-state index contributed by atoms with van der Waals surface area (Å²) in [6, 6.07) is 4.13. The summed E-state index contributed by atoms with van der Waals surface area (Å²) >= 11 is 1.78. The topological polar surface area (TPSA) is 64.7 Å². The largest absolute Gasteiger partial charge is 0.335 e. The highest BCUT2D eigenvalue weighted by Gasteiger charge is 2.21. The molecule has 0 bridgehead atoms. The lowest BCUT2D eigenvalue weighted by Crippen LogP contribution is -2.51. The van der Waals surface area contributed by atoms with E-state index in [4.69, 9.17) is 0 Å². The lowest BCUT2D eigenvalue weighted by Gasteiger charge is -2.33. The number of thiophene rings is 1. The molecule has 0 atom stereocenters. The molecular formula is C17H26N4O2S. The first-order chi connectivity index (χ1) is 11.7. The van der Waals surface area contributed by atoms with Crippen LogP contribution in [0.25, 0.3) is 0 Å². The standard InChI is InChI=1S/C17H26N4O2S/c22-16(19-17(23)18-14-4-1-2-5-14)13-21-9-7-20(8-10-21)12-15-6-3-11-24-15/h3,6,11,14H,1-2,4-5,7-10,12-13H2,(H2,18,19,22,23). The van der Waals surface area contributed by atoms with Crippen LogP contribution in [0.1, 0.15) is 30.6 Å². The van der Waals surface area contributed by atoms with Crippen LogP contribution in [0.15, 0.2) is 17.5 Å². The number of nitrogens with zero attached hydrogens (tertiary/aromatic N) is 2. The van der Waals surface area contributed by atoms with Crippen molar-refractivity contribution >= 4 is 23.3 Å². The molecule has 0 radical (unpaired) electrons. The molecule has 2 fully saturated rings. The maximum atomic E-state index is 12.0. The van der Waals surface area contributed by atoms with Crippen molar-refractivity contribution in [2.75, 3.05) is 32.7 Å². The van der Waals surface area contributed by atoms with Crippen molar-refractivity contribution in [1.82, 2.24) is 20.4 Å². The molecule has 1 aliphatic carbocycles. The maximum Gasteiger partial charge on any atom is 0.321 e. The first kappa shape index (κ1) is 17.4. The molecule has 3 rings (SSSR count). The Morgan fingerprint density at radius 3 is 2.50 bits per heavy atom. The second kappa shape index (κ2) is 8.60. The van der Waals surface area contributed by atoms with E-state index in [1.54, 1.807) is 11.3 Å². The van der Waals surface area contributed by atoms with Crippen LogP contribution in [0.4, 0.5) is 4.79 Å². The smallest absolute Gasteiger partial charge is 0.321 e. The molecule has 0 unspecified atom stereocenters. The average Bonchev–Trinajstić information content (AvgIpc) is 3.23. The minimum absolute atomic E-state index is 0.211. The van der Waals surface area contributed by atoms with Gasteiger partial charge in [-0.15, -0.1) is 11.3 Å². The van der Waals surface area contributed by atoms with Crippen LogP contribution in [0.2, 0.25) is 0 Å². The van der Waals surface area contributed by atoms with Crippen LogP contribution in [0.5, 0.6) is 0 Å². The Hall–Kier alpha value is -1.44. The van der Waals surface area contributed by atoms with Gasteiger partial charge in [0.2, 0.25) is 5.91 Å². The number of urea groups is 1. The SMILES string of the molecule is O=C(CN1CCN(Cc2cccs2)CC1)NC(=O)NC1CCCC1. The van der Waals surface area contributed by atoms with E-state index in [9.17, 15) is 9.59 Å². The molecule has 2 aliphatic rings. The van der Waals surface area contributed by atoms with Crippen molar-refractivity contribution in [3.8, 4) is 0 Å². The van der Waals surface area contributed by atoms with Crippen molar-refractivity contribution in [3.05, 3.63) is 22.4 Å². The van der Waals surface area contributed by atoms with E-state index in [1.165, 1.54) is 4.88 Å². The van der Waals surface area contributed by atoms with E-state index >= 15 is 0 Å². The summed E-state index contributed by atoms with van der Waals surface area (Å²) in [6.45, 7) is 4.93. The molecule has 1 saturated carbocycles. The van der Waals surface area contributed by atoms with Crippen molar-refractivity contribution in [3.63, 3.8) is 0 Å². The highest BCUT2D eigenvalue weighted by atomic mass is 32.1. The fourth-order valence-electron chi connectivity index (χ4n) is 3.39. The third-order valence-corrected chi connectivity index (χ3v) is 5.60. The zero-order chi connectivity index (χ0) is 16.8. The Labute approximate surface area is 147 Å². The predicted molar refractivity (Wildman–Crippen MR) is 95.0 cm³/mol. The summed E-state index contributed by atoms with van der Waals surface area (Å²) in [4.78, 5) is 29.7. The normalized spacial score (nSPS) is 20.2. The van der Waals surface area contributed by atoms with Gasteiger partial charge in [-0.05, 0) is 24.3 Å². The number of hydrogen-bond acceptors (Lipinski definition) is 5. The maximum absolute atomic E-state index is 12.0. The van der Waals surface area contributed by atoms with Crippen molar-refractivity contribution < 1.29 is 9.59 Å². The van der Waals surface area contributed by atoms with Crippen LogP contribution < -0.4 is 10.6 Å². The fraction of sp³-hybridized carbons (Fsp3) is 0.647. The minimum Gasteiger partial charge on any atom is -0.335 e. The van der Waals surface area contributed by atoms with Crippen LogP contribution in [0, 0.1) is 0 Å². The number of rotatable bonds is 5. The number of imide groups is 1. The summed E-state index contributed by atoms with van der Waals surface area (Å²) in [5.41, 5.74) is 0. The van der Waals surface area contributed by atoms with Gasteiger partial charge in [0, 0.05) is 43.6 Å². The van der Waals surface area contributed by atoms with Gasteiger partial charge >= 0.3 is 6.03 Å². The Balaban J connectivity index is 1.33. The molecule has 7 heteroatoms. The molecule has 1 aromatic heterocycles. The number of nitrogens with one attached hydrogen (secondary N) is 2. The first-order valence-electron chi connectivity index (χ1n) is 8.76. The van der Waals surface area contributed by atoms with Crippen molar-refractivity contribution in [2.24, 2.45) is 0 Å². The van der Waals surface area contributed by atoms with E-state index < -0.39 is 0 Å². The van der Waals surface area contributed by atoms with Gasteiger partial charge in [0.25, 0.3) is 0 Å².